The maximum Gasteiger partial charge on any atom is 0.122 e. The molecule has 112 valence electrons. The normalized spacial score (nSPS) is 13.8. The SMILES string of the molecule is COc1ccc(Cl)cc1CC(C)(O)c1cc(C)cc(C)c1. The largest absolute Gasteiger partial charge is 0.496 e. The first-order valence-electron chi connectivity index (χ1n) is 6.95. The van der Waals surface area contributed by atoms with Crippen LogP contribution in [0, 0.1) is 13.8 Å². The first kappa shape index (κ1) is 15.9. The highest BCUT2D eigenvalue weighted by Gasteiger charge is 2.25. The van der Waals surface area contributed by atoms with Gasteiger partial charge >= 0.3 is 0 Å². The molecule has 21 heavy (non-hydrogen) atoms. The third-order valence-electron chi connectivity index (χ3n) is 3.62. The zero-order chi connectivity index (χ0) is 15.6. The van der Waals surface area contributed by atoms with Crippen LogP contribution in [0.15, 0.2) is 36.4 Å². The van der Waals surface area contributed by atoms with Crippen LogP contribution in [0.25, 0.3) is 0 Å². The van der Waals surface area contributed by atoms with Gasteiger partial charge in [0.15, 0.2) is 0 Å². The summed E-state index contributed by atoms with van der Waals surface area (Å²) in [7, 11) is 1.62. The molecule has 0 saturated heterocycles. The summed E-state index contributed by atoms with van der Waals surface area (Å²) < 4.78 is 5.36. The Kier molecular flexibility index (Phi) is 4.60. The van der Waals surface area contributed by atoms with Gasteiger partial charge in [0.2, 0.25) is 0 Å². The lowest BCUT2D eigenvalue weighted by molar-refractivity contribution is 0.0568. The van der Waals surface area contributed by atoms with Crippen molar-refractivity contribution in [1.29, 1.82) is 0 Å². The summed E-state index contributed by atoms with van der Waals surface area (Å²) in [6.07, 6.45) is 0.444. The van der Waals surface area contributed by atoms with E-state index in [0.717, 1.165) is 28.0 Å². The van der Waals surface area contributed by atoms with Crippen molar-refractivity contribution in [2.75, 3.05) is 7.11 Å². The van der Waals surface area contributed by atoms with Crippen LogP contribution in [-0.4, -0.2) is 12.2 Å². The van der Waals surface area contributed by atoms with E-state index in [4.69, 9.17) is 16.3 Å². The molecule has 0 aromatic heterocycles. The number of aliphatic hydroxyl groups is 1. The molecule has 0 fully saturated rings. The Morgan fingerprint density at radius 1 is 1.10 bits per heavy atom. The van der Waals surface area contributed by atoms with Gasteiger partial charge in [0, 0.05) is 11.4 Å². The number of halogens is 1. The molecule has 1 N–H and O–H groups in total. The topological polar surface area (TPSA) is 29.5 Å². The van der Waals surface area contributed by atoms with Crippen LogP contribution in [0.5, 0.6) is 5.75 Å². The number of rotatable bonds is 4. The van der Waals surface area contributed by atoms with Crippen LogP contribution in [0.4, 0.5) is 0 Å². The standard InChI is InChI=1S/C18H21ClO2/c1-12-7-13(2)9-15(8-12)18(3,20)11-14-10-16(19)5-6-17(14)21-4/h5-10,20H,11H2,1-4H3. The van der Waals surface area contributed by atoms with Gasteiger partial charge in [-0.25, -0.2) is 0 Å². The molecular weight excluding hydrogens is 284 g/mol. The lowest BCUT2D eigenvalue weighted by atomic mass is 9.87. The molecule has 0 heterocycles. The van der Waals surface area contributed by atoms with Crippen LogP contribution >= 0.6 is 11.6 Å². The third-order valence-corrected chi connectivity index (χ3v) is 3.86. The second-order valence-corrected chi connectivity index (χ2v) is 6.22. The minimum atomic E-state index is -0.977. The van der Waals surface area contributed by atoms with Crippen molar-refractivity contribution in [3.8, 4) is 5.75 Å². The molecule has 0 saturated carbocycles. The molecular formula is C18H21ClO2. The number of methoxy groups -OCH3 is 1. The van der Waals surface area contributed by atoms with Crippen LogP contribution in [0.2, 0.25) is 5.02 Å². The summed E-state index contributed by atoms with van der Waals surface area (Å²) >= 11 is 6.06. The van der Waals surface area contributed by atoms with Gasteiger partial charge in [0.1, 0.15) is 5.75 Å². The Labute approximate surface area is 131 Å². The maximum atomic E-state index is 10.9. The Morgan fingerprint density at radius 2 is 1.71 bits per heavy atom. The fraction of sp³-hybridized carbons (Fsp3) is 0.333. The summed E-state index contributed by atoms with van der Waals surface area (Å²) in [5, 5.41) is 11.5. The van der Waals surface area contributed by atoms with Crippen molar-refractivity contribution in [1.82, 2.24) is 0 Å². The first-order valence-corrected chi connectivity index (χ1v) is 7.33. The molecule has 2 rings (SSSR count). The van der Waals surface area contributed by atoms with Crippen molar-refractivity contribution in [2.45, 2.75) is 32.8 Å². The van der Waals surface area contributed by atoms with E-state index in [0.29, 0.717) is 11.4 Å². The molecule has 0 radical (unpaired) electrons. The molecule has 0 spiro atoms. The Bertz CT molecular complexity index is 627. The predicted molar refractivity (Wildman–Crippen MR) is 87.2 cm³/mol. The average Bonchev–Trinajstić information content (AvgIpc) is 2.37. The maximum absolute atomic E-state index is 10.9. The van der Waals surface area contributed by atoms with E-state index in [9.17, 15) is 5.11 Å². The quantitative estimate of drug-likeness (QED) is 0.906. The van der Waals surface area contributed by atoms with Gasteiger partial charge in [-0.3, -0.25) is 0 Å². The molecule has 3 heteroatoms. The highest BCUT2D eigenvalue weighted by Crippen LogP contribution is 2.32. The summed E-state index contributed by atoms with van der Waals surface area (Å²) in [5.41, 5.74) is 3.11. The Balaban J connectivity index is 2.38. The average molecular weight is 305 g/mol. The molecule has 1 unspecified atom stereocenters. The number of aryl methyl sites for hydroxylation is 2. The fourth-order valence-corrected chi connectivity index (χ4v) is 2.84. The van der Waals surface area contributed by atoms with E-state index in [1.807, 2.05) is 45.0 Å². The minimum absolute atomic E-state index is 0.444. The number of benzene rings is 2. The molecule has 2 aromatic carbocycles. The van der Waals surface area contributed by atoms with E-state index in [1.54, 1.807) is 13.2 Å². The highest BCUT2D eigenvalue weighted by atomic mass is 35.5. The number of hydrogen-bond donors (Lipinski definition) is 1. The first-order chi connectivity index (χ1) is 9.81. The van der Waals surface area contributed by atoms with Gasteiger partial charge in [-0.2, -0.15) is 0 Å². The van der Waals surface area contributed by atoms with Gasteiger partial charge in [-0.05, 0) is 50.1 Å². The van der Waals surface area contributed by atoms with E-state index in [-0.39, 0.29) is 0 Å². The monoisotopic (exact) mass is 304 g/mol. The fourth-order valence-electron chi connectivity index (χ4n) is 2.64. The van der Waals surface area contributed by atoms with E-state index in [2.05, 4.69) is 6.07 Å². The molecule has 2 nitrogen and oxygen atoms in total. The van der Waals surface area contributed by atoms with Gasteiger partial charge in [-0.15, -0.1) is 0 Å². The van der Waals surface area contributed by atoms with Crippen LogP contribution in [0.1, 0.15) is 29.2 Å². The minimum Gasteiger partial charge on any atom is -0.496 e. The Hall–Kier alpha value is -1.51. The number of ether oxygens (including phenoxy) is 1. The summed E-state index contributed by atoms with van der Waals surface area (Å²) in [4.78, 5) is 0. The molecule has 0 aliphatic carbocycles. The van der Waals surface area contributed by atoms with Crippen LogP contribution in [0.3, 0.4) is 0 Å². The predicted octanol–water partition coefficient (Wildman–Crippen LogP) is 4.42. The highest BCUT2D eigenvalue weighted by molar-refractivity contribution is 6.30. The van der Waals surface area contributed by atoms with E-state index in [1.165, 1.54) is 0 Å². The molecule has 1 atom stereocenters. The number of hydrogen-bond acceptors (Lipinski definition) is 2. The van der Waals surface area contributed by atoms with Crippen LogP contribution in [-0.2, 0) is 12.0 Å². The van der Waals surface area contributed by atoms with Gasteiger partial charge in [0.25, 0.3) is 0 Å². The zero-order valence-electron chi connectivity index (χ0n) is 12.9. The zero-order valence-corrected chi connectivity index (χ0v) is 13.7. The lowest BCUT2D eigenvalue weighted by Gasteiger charge is -2.26. The second-order valence-electron chi connectivity index (χ2n) is 5.78. The summed E-state index contributed by atoms with van der Waals surface area (Å²) in [6.45, 7) is 5.89. The van der Waals surface area contributed by atoms with E-state index < -0.39 is 5.60 Å². The van der Waals surface area contributed by atoms with Gasteiger partial charge in [0.05, 0.1) is 12.7 Å². The van der Waals surface area contributed by atoms with Crippen molar-refractivity contribution in [3.05, 3.63) is 63.7 Å². The van der Waals surface area contributed by atoms with Crippen molar-refractivity contribution < 1.29 is 9.84 Å². The van der Waals surface area contributed by atoms with Crippen LogP contribution < -0.4 is 4.74 Å². The Morgan fingerprint density at radius 3 is 2.29 bits per heavy atom. The second kappa shape index (κ2) is 6.08. The van der Waals surface area contributed by atoms with E-state index >= 15 is 0 Å². The molecule has 0 amide bonds. The smallest absolute Gasteiger partial charge is 0.122 e. The molecule has 0 bridgehead atoms. The van der Waals surface area contributed by atoms with Crippen molar-refractivity contribution in [2.24, 2.45) is 0 Å². The van der Waals surface area contributed by atoms with Crippen molar-refractivity contribution >= 4 is 11.6 Å². The van der Waals surface area contributed by atoms with Crippen molar-refractivity contribution in [3.63, 3.8) is 0 Å². The van der Waals surface area contributed by atoms with Gasteiger partial charge in [-0.1, -0.05) is 40.9 Å². The summed E-state index contributed by atoms with van der Waals surface area (Å²) in [5.74, 6) is 0.740. The lowest BCUT2D eigenvalue weighted by Crippen LogP contribution is -2.25. The third kappa shape index (κ3) is 3.78. The molecule has 2 aromatic rings. The van der Waals surface area contributed by atoms with Gasteiger partial charge < -0.3 is 9.84 Å². The summed E-state index contributed by atoms with van der Waals surface area (Å²) in [6, 6.07) is 11.6. The molecule has 0 aliphatic heterocycles. The molecule has 0 aliphatic rings.